The van der Waals surface area contributed by atoms with Crippen molar-refractivity contribution in [3.63, 3.8) is 0 Å². The van der Waals surface area contributed by atoms with Crippen molar-refractivity contribution < 1.29 is 0 Å². The quantitative estimate of drug-likeness (QED) is 0.120. The lowest BCUT2D eigenvalue weighted by molar-refractivity contribution is 0.135. The molecule has 5 unspecified atom stereocenters. The Bertz CT molecular complexity index is 3460. The monoisotopic (exact) mass is 1030 g/mol. The lowest BCUT2D eigenvalue weighted by Crippen LogP contribution is -2.40. The molecule has 3 heterocycles. The van der Waals surface area contributed by atoms with E-state index in [1.807, 2.05) is 0 Å². The van der Waals surface area contributed by atoms with Gasteiger partial charge in [0.25, 0.3) is 0 Å². The van der Waals surface area contributed by atoms with Gasteiger partial charge in [-0.15, -0.1) is 0 Å². The van der Waals surface area contributed by atoms with Gasteiger partial charge in [-0.3, -0.25) is 0 Å². The molecule has 0 bridgehead atoms. The van der Waals surface area contributed by atoms with E-state index in [9.17, 15) is 0 Å². The zero-order valence-electron chi connectivity index (χ0n) is 47.6. The van der Waals surface area contributed by atoms with E-state index in [0.717, 1.165) is 36.4 Å². The normalized spacial score (nSPS) is 22.9. The standard InChI is InChI=1S/C74H84N4/c1-6-8-35-67-53(5)62-34-21-22-36-68(62)77(67)59-38-42-69-65(50-59)64-40-39-63(61-33-20-19-26-51(61)3)70(72(64)78(69)58-31-17-14-18-32-58)60(7-2)73-75-66(57-30-25-29-56(49-57)54-27-15-13-16-28-54)41-37-52(4)71(76-73)55-43-47-74(48-44-55)45-23-11-9-10-12-24-46-74/h13-22,25-34,36,38,40-42,49-50,52-53,55,60,63,67H,6-12,23-24,35,37,39,43-48H2,1-5H3/b66-41+,75-73?,76-71?. The molecule has 2 saturated carbocycles. The Hall–Kier alpha value is -6.52. The molecule has 400 valence electrons. The number of aromatic nitrogens is 1. The highest BCUT2D eigenvalue weighted by Crippen LogP contribution is 2.50. The number of fused-ring (bicyclic) bond motifs is 4. The van der Waals surface area contributed by atoms with Crippen molar-refractivity contribution in [1.29, 1.82) is 0 Å². The van der Waals surface area contributed by atoms with E-state index in [4.69, 9.17) is 9.98 Å². The van der Waals surface area contributed by atoms with Gasteiger partial charge in [0.1, 0.15) is 5.84 Å². The number of rotatable bonds is 12. The molecule has 0 radical (unpaired) electrons. The first kappa shape index (κ1) is 52.2. The van der Waals surface area contributed by atoms with Gasteiger partial charge in [0.05, 0.1) is 16.6 Å². The largest absolute Gasteiger partial charge is 0.338 e. The first-order chi connectivity index (χ1) is 38.3. The summed E-state index contributed by atoms with van der Waals surface area (Å²) in [4.78, 5) is 14.9. The molecule has 2 fully saturated rings. The summed E-state index contributed by atoms with van der Waals surface area (Å²) >= 11 is 0. The van der Waals surface area contributed by atoms with E-state index in [-0.39, 0.29) is 11.8 Å². The molecule has 0 N–H and O–H groups in total. The zero-order chi connectivity index (χ0) is 53.2. The molecule has 4 nitrogen and oxygen atoms in total. The molecule has 5 aliphatic rings. The van der Waals surface area contributed by atoms with E-state index >= 15 is 0 Å². The number of aliphatic imine (C=N–C) groups is 2. The van der Waals surface area contributed by atoms with Gasteiger partial charge in [0.15, 0.2) is 0 Å². The Morgan fingerprint density at radius 3 is 2.04 bits per heavy atom. The van der Waals surface area contributed by atoms with Crippen LogP contribution in [0.1, 0.15) is 177 Å². The van der Waals surface area contributed by atoms with Crippen LogP contribution < -0.4 is 15.5 Å². The van der Waals surface area contributed by atoms with E-state index in [2.05, 4.69) is 208 Å². The molecule has 7 aromatic rings. The molecule has 4 heteroatoms. The molecule has 0 amide bonds. The minimum Gasteiger partial charge on any atom is -0.338 e. The number of unbranched alkanes of at least 4 members (excludes halogenated alkanes) is 1. The van der Waals surface area contributed by atoms with Gasteiger partial charge in [-0.1, -0.05) is 200 Å². The number of hydrogen-bond donors (Lipinski definition) is 0. The third-order valence-electron chi connectivity index (χ3n) is 19.6. The van der Waals surface area contributed by atoms with Crippen molar-refractivity contribution >= 4 is 51.2 Å². The number of anilines is 2. The Kier molecular flexibility index (Phi) is 15.4. The van der Waals surface area contributed by atoms with Crippen LogP contribution in [0.2, 0.25) is 0 Å². The van der Waals surface area contributed by atoms with Gasteiger partial charge in [0.2, 0.25) is 0 Å². The molecular formula is C74H84N4. The highest BCUT2D eigenvalue weighted by Gasteiger charge is 2.40. The number of para-hydroxylation sites is 2. The fraction of sp³-hybridized carbons (Fsp3) is 0.405. The Morgan fingerprint density at radius 1 is 0.615 bits per heavy atom. The van der Waals surface area contributed by atoms with Crippen LogP contribution in [0.5, 0.6) is 0 Å². The van der Waals surface area contributed by atoms with Gasteiger partial charge in [-0.2, -0.15) is 0 Å². The zero-order valence-corrected chi connectivity index (χ0v) is 47.6. The molecule has 0 saturated heterocycles. The van der Waals surface area contributed by atoms with Crippen LogP contribution >= 0.6 is 0 Å². The summed E-state index contributed by atoms with van der Waals surface area (Å²) in [5, 5.41) is 4.00. The predicted molar refractivity (Wildman–Crippen MR) is 333 cm³/mol. The summed E-state index contributed by atoms with van der Waals surface area (Å²) in [7, 11) is 0. The summed E-state index contributed by atoms with van der Waals surface area (Å²) in [6.07, 6.45) is 27.9. The van der Waals surface area contributed by atoms with Crippen LogP contribution in [0.15, 0.2) is 168 Å². The van der Waals surface area contributed by atoms with Crippen molar-refractivity contribution in [3.05, 3.63) is 191 Å². The second-order valence-electron chi connectivity index (χ2n) is 24.4. The smallest absolute Gasteiger partial charge is 0.136 e. The highest BCUT2D eigenvalue weighted by atomic mass is 15.2. The van der Waals surface area contributed by atoms with Crippen LogP contribution in [0.4, 0.5) is 11.4 Å². The lowest BCUT2D eigenvalue weighted by atomic mass is 9.64. The molecule has 5 atom stereocenters. The predicted octanol–water partition coefficient (Wildman–Crippen LogP) is 18.8. The number of nitrogens with zero attached hydrogens (tertiary/aromatic N) is 4. The fourth-order valence-corrected chi connectivity index (χ4v) is 15.4. The fourth-order valence-electron chi connectivity index (χ4n) is 15.4. The Balaban J connectivity index is 1.08. The van der Waals surface area contributed by atoms with E-state index in [1.54, 1.807) is 0 Å². The van der Waals surface area contributed by atoms with Gasteiger partial charge < -0.3 is 9.47 Å². The maximum absolute atomic E-state index is 6.21. The molecule has 6 aromatic carbocycles. The summed E-state index contributed by atoms with van der Waals surface area (Å²) in [5.41, 5.74) is 17.3. The first-order valence-electron chi connectivity index (χ1n) is 30.7. The summed E-state index contributed by atoms with van der Waals surface area (Å²) in [5.74, 6) is 2.31. The summed E-state index contributed by atoms with van der Waals surface area (Å²) in [6, 6.07) is 57.5. The van der Waals surface area contributed by atoms with Crippen LogP contribution in [-0.2, 0) is 0 Å². The minimum absolute atomic E-state index is 0.0525. The molecule has 78 heavy (non-hydrogen) atoms. The van der Waals surface area contributed by atoms with Crippen molar-refractivity contribution in [2.75, 3.05) is 4.90 Å². The molecular weight excluding hydrogens is 945 g/mol. The minimum atomic E-state index is -0.0525. The first-order valence-corrected chi connectivity index (χ1v) is 30.7. The van der Waals surface area contributed by atoms with Crippen LogP contribution in [0, 0.1) is 30.1 Å². The number of hydrogen-bond acceptors (Lipinski definition) is 3. The Labute approximate surface area is 466 Å². The van der Waals surface area contributed by atoms with E-state index < -0.39 is 0 Å². The van der Waals surface area contributed by atoms with Crippen molar-refractivity contribution in [2.24, 2.45) is 33.2 Å². The molecule has 2 aliphatic heterocycles. The van der Waals surface area contributed by atoms with Gasteiger partial charge in [-0.05, 0) is 164 Å². The maximum atomic E-state index is 6.21. The second kappa shape index (κ2) is 23.1. The molecule has 1 spiro atoms. The van der Waals surface area contributed by atoms with Gasteiger partial charge >= 0.3 is 0 Å². The molecule has 3 aliphatic carbocycles. The lowest BCUT2D eigenvalue weighted by Gasteiger charge is -2.42. The second-order valence-corrected chi connectivity index (χ2v) is 24.4. The average Bonchev–Trinajstić information content (AvgIpc) is 4.21. The molecule has 12 rings (SSSR count). The Morgan fingerprint density at radius 2 is 1.29 bits per heavy atom. The van der Waals surface area contributed by atoms with Gasteiger partial charge in [0, 0.05) is 62.7 Å². The van der Waals surface area contributed by atoms with Crippen molar-refractivity contribution in [2.45, 2.75) is 168 Å². The average molecular weight is 1030 g/mol. The van der Waals surface area contributed by atoms with Gasteiger partial charge in [-0.25, -0.2) is 9.98 Å². The molecule has 1 aromatic heterocycles. The maximum Gasteiger partial charge on any atom is 0.136 e. The number of amidine groups is 1. The summed E-state index contributed by atoms with van der Waals surface area (Å²) in [6.45, 7) is 12.0. The number of aryl methyl sites for hydroxylation is 1. The van der Waals surface area contributed by atoms with Crippen molar-refractivity contribution in [3.8, 4) is 16.8 Å². The number of allylic oxidation sites excluding steroid dienone is 1. The highest BCUT2D eigenvalue weighted by molar-refractivity contribution is 6.07. The number of benzene rings is 6. The third-order valence-corrected chi connectivity index (χ3v) is 19.6. The van der Waals surface area contributed by atoms with Crippen LogP contribution in [0.3, 0.4) is 0 Å². The topological polar surface area (TPSA) is 32.9 Å². The summed E-state index contributed by atoms with van der Waals surface area (Å²) < 4.78 is 2.64. The van der Waals surface area contributed by atoms with E-state index in [1.165, 1.54) is 174 Å². The van der Waals surface area contributed by atoms with E-state index in [0.29, 0.717) is 29.2 Å². The van der Waals surface area contributed by atoms with Crippen molar-refractivity contribution in [1.82, 2.24) is 4.57 Å². The van der Waals surface area contributed by atoms with Crippen LogP contribution in [0.25, 0.3) is 45.1 Å². The van der Waals surface area contributed by atoms with Crippen LogP contribution in [-0.4, -0.2) is 22.2 Å². The SMILES string of the molecule is CCCCC1C(C)c2ccccc2N1c1ccc2c(c1)c1c(n2-c2ccccc2)=C(C(CC)C2=N/C(c3cccc(-c4ccccc4)c3)=C/CC(C)C(C3CCC4(CCCCCCCC4)CC3)=N2)C(c2ccccc2C)CC=1. The third kappa shape index (κ3) is 10.1.